The number of carbonyl (C=O) groups excluding carboxylic acids is 8. The van der Waals surface area contributed by atoms with E-state index in [9.17, 15) is 38.4 Å². The van der Waals surface area contributed by atoms with Crippen molar-refractivity contribution in [3.05, 3.63) is 129 Å². The molecule has 86 heavy (non-hydrogen) atoms. The Morgan fingerprint density at radius 1 is 0.593 bits per heavy atom. The second-order valence-electron chi connectivity index (χ2n) is 22.8. The van der Waals surface area contributed by atoms with E-state index in [1.807, 2.05) is 9.80 Å². The molecule has 0 saturated carbocycles. The number of ether oxygens (including phenoxy) is 4. The number of nitrogens with one attached hydrogen (secondary N) is 2. The predicted molar refractivity (Wildman–Crippen MR) is 315 cm³/mol. The minimum Gasteiger partial charge on any atom is -0.444 e. The normalized spacial score (nSPS) is 16.9. The number of carbonyl (C=O) groups is 8. The molecule has 4 N–H and O–H groups in total. The smallest absolute Gasteiger partial charge is 0.414 e. The molecular weight excluding hydrogens is 1120 g/mol. The zero-order chi connectivity index (χ0) is 62.3. The molecule has 4 aromatic rings. The van der Waals surface area contributed by atoms with Crippen molar-refractivity contribution in [3.63, 3.8) is 0 Å². The standard InChI is InChI=1S/C30H36FN7O6.C30H38FN5O6/c1-30(2,3)44-28(41)33-18-23-19-38(29(42)43-23)22-8-9-25(24(31)16-22)36-12-14-37(15-13-36)27(40)11-10-26(39)21-6-4-20(5-7-21)17-34-35-32;1-30(2,3)42-28(39)33-18-23-19-36(29(40)41-23)22-8-9-25(24(31)16-22)34-12-14-35(15-13-34)27(38)11-10-26(37)21-6-4-20(17-32)5-7-21/h4-9,16,23H,10-15,17-19H2,1-3H3,(H,33,41);4-9,16,23H,10-15,17-19,32H2,1-3H3,(H,33,39)/t2*23-/m00/s1. The van der Waals surface area contributed by atoms with Gasteiger partial charge in [0.05, 0.1) is 55.5 Å². The van der Waals surface area contributed by atoms with Gasteiger partial charge in [-0.05, 0) is 94.6 Å². The molecule has 0 aliphatic carbocycles. The quantitative estimate of drug-likeness (QED) is 0.0262. The number of amides is 6. The lowest BCUT2D eigenvalue weighted by molar-refractivity contribution is -0.132. The number of azide groups is 1. The molecule has 2 atom stereocenters. The molecule has 0 aromatic heterocycles. The third-order valence-corrected chi connectivity index (χ3v) is 14.2. The Bertz CT molecular complexity index is 3150. The molecule has 24 nitrogen and oxygen atoms in total. The second-order valence-corrected chi connectivity index (χ2v) is 22.8. The van der Waals surface area contributed by atoms with Crippen LogP contribution >= 0.6 is 0 Å². The molecule has 4 fully saturated rings. The number of hydrogen-bond donors (Lipinski definition) is 3. The first-order valence-electron chi connectivity index (χ1n) is 28.4. The van der Waals surface area contributed by atoms with Gasteiger partial charge >= 0.3 is 24.4 Å². The SMILES string of the molecule is CC(C)(C)OC(=O)NC[C@H]1CN(c2ccc(N3CCN(C(=O)CCC(=O)c4ccc(CN)cc4)CC3)c(F)c2)C(=O)O1.CC(C)(C)OC(=O)NC[C@H]1CN(c2ccc(N3CCN(C(=O)CCC(=O)c4ccc(CN=[N+]=[N-])cc4)CC3)c(F)c2)C(=O)O1. The highest BCUT2D eigenvalue weighted by Gasteiger charge is 2.36. The van der Waals surface area contributed by atoms with E-state index in [0.29, 0.717) is 92.8 Å². The van der Waals surface area contributed by atoms with Crippen LogP contribution in [0, 0.1) is 11.6 Å². The number of alkyl carbamates (subject to hydrolysis) is 2. The van der Waals surface area contributed by atoms with E-state index >= 15 is 8.78 Å². The fourth-order valence-electron chi connectivity index (χ4n) is 9.72. The zero-order valence-corrected chi connectivity index (χ0v) is 49.2. The summed E-state index contributed by atoms with van der Waals surface area (Å²) in [5, 5.41) is 8.64. The average molecular weight is 1190 g/mol. The Balaban J connectivity index is 0.000000246. The van der Waals surface area contributed by atoms with Gasteiger partial charge in [-0.15, -0.1) is 0 Å². The van der Waals surface area contributed by atoms with E-state index in [1.165, 1.54) is 21.9 Å². The minimum absolute atomic E-state index is 0.0577. The summed E-state index contributed by atoms with van der Waals surface area (Å²) in [6, 6.07) is 22.8. The van der Waals surface area contributed by atoms with Crippen LogP contribution in [0.2, 0.25) is 0 Å². The highest BCUT2D eigenvalue weighted by molar-refractivity contribution is 5.99. The first-order chi connectivity index (χ1) is 40.9. The van der Waals surface area contributed by atoms with E-state index in [1.54, 1.807) is 124 Å². The predicted octanol–water partition coefficient (Wildman–Crippen LogP) is 8.24. The molecule has 0 radical (unpaired) electrons. The molecule has 4 aliphatic rings. The van der Waals surface area contributed by atoms with Crippen LogP contribution in [0.3, 0.4) is 0 Å². The van der Waals surface area contributed by atoms with Crippen LogP contribution in [0.15, 0.2) is 90.0 Å². The third-order valence-electron chi connectivity index (χ3n) is 14.2. The Kier molecular flexibility index (Phi) is 21.9. The lowest BCUT2D eigenvalue weighted by Crippen LogP contribution is -2.49. The maximum Gasteiger partial charge on any atom is 0.414 e. The number of halogens is 2. The van der Waals surface area contributed by atoms with Crippen molar-refractivity contribution in [1.82, 2.24) is 20.4 Å². The van der Waals surface area contributed by atoms with Crippen LogP contribution < -0.4 is 36.0 Å². The summed E-state index contributed by atoms with van der Waals surface area (Å²) in [7, 11) is 0. The Morgan fingerprint density at radius 3 is 1.33 bits per heavy atom. The topological polar surface area (TPSA) is 292 Å². The minimum atomic E-state index is -0.657. The van der Waals surface area contributed by atoms with Gasteiger partial charge < -0.3 is 54.9 Å². The number of rotatable bonds is 19. The zero-order valence-electron chi connectivity index (χ0n) is 49.2. The third kappa shape index (κ3) is 18.5. The van der Waals surface area contributed by atoms with Crippen LogP contribution in [0.4, 0.5) is 50.7 Å². The number of hydrogen-bond acceptors (Lipinski definition) is 16. The second kappa shape index (κ2) is 29.2. The van der Waals surface area contributed by atoms with Gasteiger partial charge in [-0.3, -0.25) is 29.0 Å². The molecule has 4 saturated heterocycles. The van der Waals surface area contributed by atoms with Crippen molar-refractivity contribution >= 4 is 70.5 Å². The maximum atomic E-state index is 15.2. The van der Waals surface area contributed by atoms with Crippen LogP contribution in [0.5, 0.6) is 0 Å². The average Bonchev–Trinajstić information content (AvgIpc) is 2.61. The molecule has 0 unspecified atom stereocenters. The summed E-state index contributed by atoms with van der Waals surface area (Å²) in [4.78, 5) is 112. The highest BCUT2D eigenvalue weighted by Crippen LogP contribution is 2.31. The van der Waals surface area contributed by atoms with E-state index < -0.39 is 59.4 Å². The van der Waals surface area contributed by atoms with Gasteiger partial charge in [0.25, 0.3) is 0 Å². The fourth-order valence-corrected chi connectivity index (χ4v) is 9.72. The fraction of sp³-hybridized carbons (Fsp3) is 0.467. The summed E-state index contributed by atoms with van der Waals surface area (Å²) in [5.41, 5.74) is 16.9. The molecule has 8 rings (SSSR count). The summed E-state index contributed by atoms with van der Waals surface area (Å²) in [6.45, 7) is 14.7. The lowest BCUT2D eigenvalue weighted by Gasteiger charge is -2.36. The number of benzene rings is 4. The largest absolute Gasteiger partial charge is 0.444 e. The molecule has 26 heteroatoms. The summed E-state index contributed by atoms with van der Waals surface area (Å²) < 4.78 is 51.4. The van der Waals surface area contributed by atoms with Crippen molar-refractivity contribution in [3.8, 4) is 0 Å². The maximum absolute atomic E-state index is 15.2. The van der Waals surface area contributed by atoms with Crippen molar-refractivity contribution in [2.24, 2.45) is 10.8 Å². The van der Waals surface area contributed by atoms with Gasteiger partial charge in [-0.2, -0.15) is 0 Å². The van der Waals surface area contributed by atoms with Gasteiger partial charge in [0.2, 0.25) is 11.8 Å². The number of nitrogens with zero attached hydrogens (tertiary/aromatic N) is 9. The number of anilines is 4. The lowest BCUT2D eigenvalue weighted by atomic mass is 10.0. The van der Waals surface area contributed by atoms with Crippen molar-refractivity contribution in [2.75, 3.05) is 98.1 Å². The summed E-state index contributed by atoms with van der Waals surface area (Å²) in [6.07, 6.45) is -3.35. The Morgan fingerprint density at radius 2 is 0.977 bits per heavy atom. The monoisotopic (exact) mass is 1190 g/mol. The van der Waals surface area contributed by atoms with Gasteiger partial charge in [0.1, 0.15) is 35.0 Å². The van der Waals surface area contributed by atoms with Gasteiger partial charge in [-0.25, -0.2) is 28.0 Å². The van der Waals surface area contributed by atoms with E-state index in [2.05, 4.69) is 20.7 Å². The van der Waals surface area contributed by atoms with E-state index in [4.69, 9.17) is 30.2 Å². The first kappa shape index (κ1) is 64.5. The van der Waals surface area contributed by atoms with E-state index in [0.717, 1.165) is 11.1 Å². The van der Waals surface area contributed by atoms with Gasteiger partial charge in [0, 0.05) is 101 Å². The summed E-state index contributed by atoms with van der Waals surface area (Å²) in [5.74, 6) is -1.51. The number of piperazine rings is 2. The summed E-state index contributed by atoms with van der Waals surface area (Å²) >= 11 is 0. The Hall–Kier alpha value is -9.03. The molecule has 0 spiro atoms. The van der Waals surface area contributed by atoms with Crippen molar-refractivity contribution in [1.29, 1.82) is 0 Å². The van der Waals surface area contributed by atoms with Crippen LogP contribution in [-0.4, -0.2) is 160 Å². The van der Waals surface area contributed by atoms with Gasteiger partial charge in [-0.1, -0.05) is 53.6 Å². The number of Topliss-reactive ketones (excluding diaryl/α,β-unsaturated/α-hetero) is 2. The molecule has 4 heterocycles. The molecular formula is C60H74F2N12O12. The molecule has 4 aromatic carbocycles. The Labute approximate surface area is 497 Å². The molecule has 4 aliphatic heterocycles. The molecule has 0 bridgehead atoms. The van der Waals surface area contributed by atoms with E-state index in [-0.39, 0.29) is 81.8 Å². The van der Waals surface area contributed by atoms with Crippen LogP contribution in [0.25, 0.3) is 10.4 Å². The number of nitrogens with two attached hydrogens (primary N) is 1. The van der Waals surface area contributed by atoms with Crippen molar-refractivity contribution < 1.29 is 66.1 Å². The van der Waals surface area contributed by atoms with Crippen molar-refractivity contribution in [2.45, 2.75) is 104 Å². The molecule has 460 valence electrons. The molecule has 6 amide bonds. The number of cyclic esters (lactones) is 2. The first-order valence-corrected chi connectivity index (χ1v) is 28.4. The number of ketones is 2. The highest BCUT2D eigenvalue weighted by atomic mass is 19.1. The van der Waals surface area contributed by atoms with Crippen LogP contribution in [-0.2, 0) is 41.6 Å². The van der Waals surface area contributed by atoms with Crippen LogP contribution in [0.1, 0.15) is 99.1 Å². The van der Waals surface area contributed by atoms with Gasteiger partial charge in [0.15, 0.2) is 11.6 Å².